The summed E-state index contributed by atoms with van der Waals surface area (Å²) in [4.78, 5) is 33.4. The number of amides is 2. The summed E-state index contributed by atoms with van der Waals surface area (Å²) >= 11 is 0. The standard InChI is InChI=1S/C28H31F2N5O3/c1-28(2,25-5-3-4-11-31-25)33-26(36)20-16-35(15-17-6-7-17)12-10-22(20)32-27(37)23-14-24(38-34-23)19-9-8-18(29)13-21(19)30/h3-5,8-9,11,13-14,17,20,22H,6-7,10,12,15-16H2,1-2H3,(H,32,37)(H,33,36)/t20-,22-/m0/s1. The fourth-order valence-electron chi connectivity index (χ4n) is 4.93. The molecule has 2 N–H and O–H groups in total. The number of piperidine rings is 1. The van der Waals surface area contributed by atoms with Crippen LogP contribution in [0.1, 0.15) is 49.3 Å². The van der Waals surface area contributed by atoms with Crippen LogP contribution in [0.3, 0.4) is 0 Å². The molecule has 1 aliphatic carbocycles. The Kier molecular flexibility index (Phi) is 7.25. The molecule has 1 aliphatic heterocycles. The smallest absolute Gasteiger partial charge is 0.273 e. The molecule has 0 bridgehead atoms. The molecule has 2 fully saturated rings. The van der Waals surface area contributed by atoms with Crippen molar-refractivity contribution in [3.05, 3.63) is 71.7 Å². The average molecular weight is 524 g/mol. The van der Waals surface area contributed by atoms with Gasteiger partial charge in [-0.2, -0.15) is 0 Å². The number of carbonyl (C=O) groups excluding carboxylic acids is 2. The van der Waals surface area contributed by atoms with E-state index in [1.54, 1.807) is 6.20 Å². The molecule has 0 radical (unpaired) electrons. The Morgan fingerprint density at radius 3 is 2.66 bits per heavy atom. The van der Waals surface area contributed by atoms with Crippen LogP contribution in [0.2, 0.25) is 0 Å². The van der Waals surface area contributed by atoms with Crippen LogP contribution < -0.4 is 10.6 Å². The van der Waals surface area contributed by atoms with Gasteiger partial charge in [0.2, 0.25) is 5.91 Å². The molecule has 2 amide bonds. The predicted octanol–water partition coefficient (Wildman–Crippen LogP) is 3.90. The molecule has 1 saturated heterocycles. The number of nitrogens with one attached hydrogen (secondary N) is 2. The molecule has 38 heavy (non-hydrogen) atoms. The van der Waals surface area contributed by atoms with Crippen molar-refractivity contribution in [3.8, 4) is 11.3 Å². The third kappa shape index (κ3) is 5.91. The van der Waals surface area contributed by atoms with Gasteiger partial charge in [0.1, 0.15) is 11.6 Å². The number of pyridine rings is 1. The number of aromatic nitrogens is 2. The molecular weight excluding hydrogens is 492 g/mol. The fraction of sp³-hybridized carbons (Fsp3) is 0.429. The summed E-state index contributed by atoms with van der Waals surface area (Å²) in [5.74, 6) is -2.02. The summed E-state index contributed by atoms with van der Waals surface area (Å²) in [5, 5.41) is 9.86. The second-order valence-electron chi connectivity index (χ2n) is 10.7. The minimum Gasteiger partial charge on any atom is -0.355 e. The minimum absolute atomic E-state index is 0.000316. The van der Waals surface area contributed by atoms with Gasteiger partial charge in [0.15, 0.2) is 11.5 Å². The van der Waals surface area contributed by atoms with Crippen LogP contribution in [-0.4, -0.2) is 52.5 Å². The van der Waals surface area contributed by atoms with E-state index in [0.717, 1.165) is 30.9 Å². The Labute approximate surface area is 219 Å². The number of rotatable bonds is 8. The van der Waals surface area contributed by atoms with Crippen molar-refractivity contribution in [2.24, 2.45) is 11.8 Å². The summed E-state index contributed by atoms with van der Waals surface area (Å²) in [6.07, 6.45) is 4.71. The van der Waals surface area contributed by atoms with Crippen molar-refractivity contribution in [1.82, 2.24) is 25.7 Å². The normalized spacial score (nSPS) is 20.2. The van der Waals surface area contributed by atoms with E-state index < -0.39 is 35.0 Å². The minimum atomic E-state index is -0.816. The molecule has 1 aromatic carbocycles. The van der Waals surface area contributed by atoms with E-state index >= 15 is 0 Å². The lowest BCUT2D eigenvalue weighted by molar-refractivity contribution is -0.129. The number of carbonyl (C=O) groups is 2. The van der Waals surface area contributed by atoms with Crippen molar-refractivity contribution in [2.45, 2.75) is 44.7 Å². The Morgan fingerprint density at radius 1 is 1.13 bits per heavy atom. The third-order valence-electron chi connectivity index (χ3n) is 7.24. The van der Waals surface area contributed by atoms with Crippen molar-refractivity contribution in [3.63, 3.8) is 0 Å². The van der Waals surface area contributed by atoms with Crippen molar-refractivity contribution in [1.29, 1.82) is 0 Å². The monoisotopic (exact) mass is 523 g/mol. The van der Waals surface area contributed by atoms with Gasteiger partial charge in [0, 0.05) is 44.0 Å². The molecule has 0 unspecified atom stereocenters. The second-order valence-corrected chi connectivity index (χ2v) is 10.7. The number of hydrogen-bond donors (Lipinski definition) is 2. The Hall–Kier alpha value is -3.66. The highest BCUT2D eigenvalue weighted by atomic mass is 19.1. The zero-order chi connectivity index (χ0) is 26.9. The molecule has 3 aromatic rings. The van der Waals surface area contributed by atoms with Gasteiger partial charge in [-0.3, -0.25) is 14.6 Å². The summed E-state index contributed by atoms with van der Waals surface area (Å²) < 4.78 is 32.6. The maximum Gasteiger partial charge on any atom is 0.273 e. The molecule has 2 aromatic heterocycles. The van der Waals surface area contributed by atoms with E-state index in [0.29, 0.717) is 18.9 Å². The van der Waals surface area contributed by atoms with Gasteiger partial charge in [0.05, 0.1) is 22.7 Å². The summed E-state index contributed by atoms with van der Waals surface area (Å²) in [6, 6.07) is 9.52. The van der Waals surface area contributed by atoms with Gasteiger partial charge in [-0.15, -0.1) is 0 Å². The van der Waals surface area contributed by atoms with Gasteiger partial charge >= 0.3 is 0 Å². The topological polar surface area (TPSA) is 100 Å². The lowest BCUT2D eigenvalue weighted by Gasteiger charge is -2.39. The Morgan fingerprint density at radius 2 is 1.95 bits per heavy atom. The van der Waals surface area contributed by atoms with E-state index in [1.165, 1.54) is 25.0 Å². The van der Waals surface area contributed by atoms with Crippen LogP contribution in [0.4, 0.5) is 8.78 Å². The summed E-state index contributed by atoms with van der Waals surface area (Å²) in [5.41, 5.74) is -0.00785. The SMILES string of the molecule is CC(C)(NC(=O)[C@H]1CN(CC2CC2)CC[C@@H]1NC(=O)c1cc(-c2ccc(F)cc2F)on1)c1ccccn1. The van der Waals surface area contributed by atoms with Crippen molar-refractivity contribution >= 4 is 11.8 Å². The number of benzene rings is 1. The van der Waals surface area contributed by atoms with Gasteiger partial charge in [0.25, 0.3) is 5.91 Å². The second kappa shape index (κ2) is 10.6. The van der Waals surface area contributed by atoms with Gasteiger partial charge < -0.3 is 20.1 Å². The molecule has 200 valence electrons. The molecule has 10 heteroatoms. The van der Waals surface area contributed by atoms with Crippen LogP contribution in [0, 0.1) is 23.5 Å². The average Bonchev–Trinajstić information content (AvgIpc) is 3.57. The quantitative estimate of drug-likeness (QED) is 0.465. The number of halogens is 2. The third-order valence-corrected chi connectivity index (χ3v) is 7.24. The predicted molar refractivity (Wildman–Crippen MR) is 136 cm³/mol. The Bertz CT molecular complexity index is 1310. The maximum atomic E-state index is 14.2. The summed E-state index contributed by atoms with van der Waals surface area (Å²) in [7, 11) is 0. The molecule has 8 nitrogen and oxygen atoms in total. The summed E-state index contributed by atoms with van der Waals surface area (Å²) in [6.45, 7) is 6.04. The number of likely N-dealkylation sites (tertiary alicyclic amines) is 1. The van der Waals surface area contributed by atoms with E-state index in [9.17, 15) is 18.4 Å². The molecule has 5 rings (SSSR count). The van der Waals surface area contributed by atoms with Gasteiger partial charge in [-0.05, 0) is 63.3 Å². The van der Waals surface area contributed by atoms with E-state index in [-0.39, 0.29) is 22.9 Å². The van der Waals surface area contributed by atoms with Crippen LogP contribution in [0.25, 0.3) is 11.3 Å². The highest BCUT2D eigenvalue weighted by molar-refractivity contribution is 5.94. The Balaban J connectivity index is 1.31. The van der Waals surface area contributed by atoms with Crippen molar-refractivity contribution < 1.29 is 22.9 Å². The van der Waals surface area contributed by atoms with Gasteiger partial charge in [-0.25, -0.2) is 8.78 Å². The zero-order valence-electron chi connectivity index (χ0n) is 21.4. The number of nitrogens with zero attached hydrogens (tertiary/aromatic N) is 3. The fourth-order valence-corrected chi connectivity index (χ4v) is 4.93. The largest absolute Gasteiger partial charge is 0.355 e. The maximum absolute atomic E-state index is 14.2. The van der Waals surface area contributed by atoms with Gasteiger partial charge in [-0.1, -0.05) is 11.2 Å². The molecule has 2 atom stereocenters. The van der Waals surface area contributed by atoms with E-state index in [2.05, 4.69) is 25.7 Å². The van der Waals surface area contributed by atoms with Crippen LogP contribution in [0.15, 0.2) is 53.2 Å². The molecular formula is C28H31F2N5O3. The highest BCUT2D eigenvalue weighted by Gasteiger charge is 2.39. The van der Waals surface area contributed by atoms with Crippen LogP contribution in [0.5, 0.6) is 0 Å². The van der Waals surface area contributed by atoms with E-state index in [4.69, 9.17) is 4.52 Å². The molecule has 3 heterocycles. The first-order valence-corrected chi connectivity index (χ1v) is 12.9. The highest BCUT2D eigenvalue weighted by Crippen LogP contribution is 2.32. The van der Waals surface area contributed by atoms with Crippen LogP contribution in [-0.2, 0) is 10.3 Å². The first-order chi connectivity index (χ1) is 18.2. The number of hydrogen-bond acceptors (Lipinski definition) is 6. The lowest BCUT2D eigenvalue weighted by Crippen LogP contribution is -2.58. The molecule has 0 spiro atoms. The van der Waals surface area contributed by atoms with Crippen molar-refractivity contribution in [2.75, 3.05) is 19.6 Å². The molecule has 2 aliphatic rings. The molecule has 1 saturated carbocycles. The first kappa shape index (κ1) is 26.0. The first-order valence-electron chi connectivity index (χ1n) is 12.9. The lowest BCUT2D eigenvalue weighted by atomic mass is 9.89. The van der Waals surface area contributed by atoms with E-state index in [1.807, 2.05) is 32.0 Å². The van der Waals surface area contributed by atoms with Crippen LogP contribution >= 0.6 is 0 Å². The zero-order valence-corrected chi connectivity index (χ0v) is 21.4.